The minimum atomic E-state index is -3.68. The molecular formula is C17H24N2O4S. The lowest BCUT2D eigenvalue weighted by atomic mass is 9.81. The molecule has 1 N–H and O–H groups in total. The Kier molecular flexibility index (Phi) is 4.12. The van der Waals surface area contributed by atoms with Gasteiger partial charge in [-0.25, -0.2) is 8.42 Å². The van der Waals surface area contributed by atoms with Crippen molar-refractivity contribution in [1.82, 2.24) is 4.31 Å². The topological polar surface area (TPSA) is 77.9 Å². The summed E-state index contributed by atoms with van der Waals surface area (Å²) in [4.78, 5) is 13.9. The summed E-state index contributed by atoms with van der Waals surface area (Å²) in [6, 6.07) is 5.08. The molecule has 1 aromatic carbocycles. The van der Waals surface area contributed by atoms with Gasteiger partial charge >= 0.3 is 5.97 Å². The van der Waals surface area contributed by atoms with Crippen molar-refractivity contribution >= 4 is 21.7 Å². The molecular weight excluding hydrogens is 328 g/mol. The van der Waals surface area contributed by atoms with Gasteiger partial charge in [0, 0.05) is 32.9 Å². The number of hydrogen-bond acceptors (Lipinski definition) is 4. The van der Waals surface area contributed by atoms with Gasteiger partial charge in [-0.2, -0.15) is 4.31 Å². The summed E-state index contributed by atoms with van der Waals surface area (Å²) < 4.78 is 27.4. The molecule has 24 heavy (non-hydrogen) atoms. The molecule has 1 heterocycles. The van der Waals surface area contributed by atoms with Gasteiger partial charge in [-0.05, 0) is 43.4 Å². The average molecular weight is 352 g/mol. The largest absolute Gasteiger partial charge is 0.481 e. The standard InChI is InChI=1S/C17H24N2O4S/c1-12-6-7-14(9-15(12)18(2)3)24(22,23)19-10-13-5-4-8-17(13,11-19)16(20)21/h6-7,9,13H,4-5,8,10-11H2,1-3H3,(H,20,21)/t13-,17+/m0/s1. The number of fused-ring (bicyclic) bond motifs is 1. The number of sulfonamides is 1. The number of aliphatic carboxylic acids is 1. The molecule has 132 valence electrons. The van der Waals surface area contributed by atoms with E-state index in [4.69, 9.17) is 0 Å². The molecule has 2 aliphatic rings. The third kappa shape index (κ3) is 2.50. The van der Waals surface area contributed by atoms with Gasteiger partial charge in [0.2, 0.25) is 10.0 Å². The van der Waals surface area contributed by atoms with Gasteiger partial charge in [-0.1, -0.05) is 12.5 Å². The van der Waals surface area contributed by atoms with E-state index in [1.54, 1.807) is 18.2 Å². The molecule has 1 aliphatic carbocycles. The predicted octanol–water partition coefficient (Wildman–Crippen LogP) is 1.94. The number of carbonyl (C=O) groups is 1. The molecule has 0 spiro atoms. The molecule has 0 aromatic heterocycles. The fourth-order valence-corrected chi connectivity index (χ4v) is 5.73. The highest BCUT2D eigenvalue weighted by molar-refractivity contribution is 7.89. The van der Waals surface area contributed by atoms with Crippen molar-refractivity contribution in [3.8, 4) is 0 Å². The minimum Gasteiger partial charge on any atom is -0.481 e. The van der Waals surface area contributed by atoms with Crippen LogP contribution >= 0.6 is 0 Å². The van der Waals surface area contributed by atoms with E-state index >= 15 is 0 Å². The second-order valence-corrected chi connectivity index (χ2v) is 9.13. The molecule has 1 saturated carbocycles. The first kappa shape index (κ1) is 17.2. The van der Waals surface area contributed by atoms with E-state index in [0.717, 1.165) is 24.1 Å². The first-order chi connectivity index (χ1) is 11.2. The monoisotopic (exact) mass is 352 g/mol. The van der Waals surface area contributed by atoms with Crippen LogP contribution in [0.1, 0.15) is 24.8 Å². The first-order valence-corrected chi connectivity index (χ1v) is 9.64. The highest BCUT2D eigenvalue weighted by Gasteiger charge is 2.57. The Morgan fingerprint density at radius 2 is 2.08 bits per heavy atom. The van der Waals surface area contributed by atoms with Crippen LogP contribution in [0.2, 0.25) is 0 Å². The van der Waals surface area contributed by atoms with E-state index in [1.165, 1.54) is 4.31 Å². The van der Waals surface area contributed by atoms with Crippen molar-refractivity contribution in [2.75, 3.05) is 32.1 Å². The first-order valence-electron chi connectivity index (χ1n) is 8.20. The molecule has 2 fully saturated rings. The van der Waals surface area contributed by atoms with E-state index in [-0.39, 0.29) is 17.4 Å². The van der Waals surface area contributed by atoms with Gasteiger partial charge in [0.25, 0.3) is 0 Å². The van der Waals surface area contributed by atoms with E-state index in [2.05, 4.69) is 0 Å². The summed E-state index contributed by atoms with van der Waals surface area (Å²) in [5.74, 6) is -0.941. The lowest BCUT2D eigenvalue weighted by Gasteiger charge is -2.23. The summed E-state index contributed by atoms with van der Waals surface area (Å²) in [6.45, 7) is 2.33. The molecule has 3 rings (SSSR count). The van der Waals surface area contributed by atoms with Crippen molar-refractivity contribution in [3.05, 3.63) is 23.8 Å². The zero-order valence-electron chi connectivity index (χ0n) is 14.3. The van der Waals surface area contributed by atoms with Crippen molar-refractivity contribution in [2.45, 2.75) is 31.1 Å². The Morgan fingerprint density at radius 3 is 2.67 bits per heavy atom. The van der Waals surface area contributed by atoms with Crippen LogP contribution in [0.3, 0.4) is 0 Å². The van der Waals surface area contributed by atoms with Crippen molar-refractivity contribution < 1.29 is 18.3 Å². The number of rotatable bonds is 4. The van der Waals surface area contributed by atoms with E-state index in [1.807, 2.05) is 25.9 Å². The van der Waals surface area contributed by atoms with Crippen LogP contribution in [0.4, 0.5) is 5.69 Å². The number of carboxylic acid groups (broad SMARTS) is 1. The van der Waals surface area contributed by atoms with E-state index < -0.39 is 21.4 Å². The van der Waals surface area contributed by atoms with Gasteiger partial charge in [0.05, 0.1) is 10.3 Å². The maximum Gasteiger partial charge on any atom is 0.311 e. The Morgan fingerprint density at radius 1 is 1.38 bits per heavy atom. The van der Waals surface area contributed by atoms with Crippen LogP contribution in [0.15, 0.2) is 23.1 Å². The lowest BCUT2D eigenvalue weighted by Crippen LogP contribution is -2.37. The van der Waals surface area contributed by atoms with E-state index in [0.29, 0.717) is 13.0 Å². The molecule has 2 atom stereocenters. The Balaban J connectivity index is 1.95. The molecule has 1 aromatic rings. The maximum absolute atomic E-state index is 13.0. The second-order valence-electron chi connectivity index (χ2n) is 7.19. The number of carboxylic acids is 1. The molecule has 0 unspecified atom stereocenters. The fraction of sp³-hybridized carbons (Fsp3) is 0.588. The number of anilines is 1. The van der Waals surface area contributed by atoms with Gasteiger partial charge in [-0.3, -0.25) is 4.79 Å². The number of nitrogens with zero attached hydrogens (tertiary/aromatic N) is 2. The summed E-state index contributed by atoms with van der Waals surface area (Å²) >= 11 is 0. The highest BCUT2D eigenvalue weighted by atomic mass is 32.2. The van der Waals surface area contributed by atoms with Gasteiger partial charge in [-0.15, -0.1) is 0 Å². The SMILES string of the molecule is Cc1ccc(S(=O)(=O)N2C[C@@H]3CCC[C@@]3(C(=O)O)C2)cc1N(C)C. The van der Waals surface area contributed by atoms with Gasteiger partial charge in [0.15, 0.2) is 0 Å². The third-order valence-electron chi connectivity index (χ3n) is 5.57. The van der Waals surface area contributed by atoms with Crippen molar-refractivity contribution in [3.63, 3.8) is 0 Å². The predicted molar refractivity (Wildman–Crippen MR) is 91.7 cm³/mol. The average Bonchev–Trinajstić information content (AvgIpc) is 3.05. The molecule has 1 aliphatic heterocycles. The van der Waals surface area contributed by atoms with Gasteiger partial charge in [0.1, 0.15) is 0 Å². The molecule has 1 saturated heterocycles. The number of hydrogen-bond donors (Lipinski definition) is 1. The summed E-state index contributed by atoms with van der Waals surface area (Å²) in [5.41, 5.74) is 0.949. The quantitative estimate of drug-likeness (QED) is 0.896. The molecule has 0 amide bonds. The fourth-order valence-electron chi connectivity index (χ4n) is 4.16. The molecule has 6 nitrogen and oxygen atoms in total. The van der Waals surface area contributed by atoms with Crippen LogP contribution in [0, 0.1) is 18.3 Å². The zero-order chi connectivity index (χ0) is 17.7. The number of benzene rings is 1. The van der Waals surface area contributed by atoms with Crippen LogP contribution in [-0.2, 0) is 14.8 Å². The lowest BCUT2D eigenvalue weighted by molar-refractivity contribution is -0.149. The van der Waals surface area contributed by atoms with Crippen LogP contribution in [0.25, 0.3) is 0 Å². The normalized spacial score (nSPS) is 27.2. The van der Waals surface area contributed by atoms with Gasteiger partial charge < -0.3 is 10.0 Å². The Labute approximate surface area is 143 Å². The highest BCUT2D eigenvalue weighted by Crippen LogP contribution is 2.50. The van der Waals surface area contributed by atoms with Crippen LogP contribution in [0.5, 0.6) is 0 Å². The summed E-state index contributed by atoms with van der Waals surface area (Å²) in [5, 5.41) is 9.65. The smallest absolute Gasteiger partial charge is 0.311 e. The van der Waals surface area contributed by atoms with Crippen LogP contribution in [-0.4, -0.2) is 51.0 Å². The Bertz CT molecular complexity index is 775. The van der Waals surface area contributed by atoms with Crippen LogP contribution < -0.4 is 4.90 Å². The summed E-state index contributed by atoms with van der Waals surface area (Å²) in [6.07, 6.45) is 2.21. The zero-order valence-corrected chi connectivity index (χ0v) is 15.1. The van der Waals surface area contributed by atoms with Crippen molar-refractivity contribution in [2.24, 2.45) is 11.3 Å². The second kappa shape index (κ2) is 5.74. The number of aryl methyl sites for hydroxylation is 1. The molecule has 0 radical (unpaired) electrons. The third-order valence-corrected chi connectivity index (χ3v) is 7.37. The molecule has 7 heteroatoms. The Hall–Kier alpha value is -1.60. The molecule has 0 bridgehead atoms. The van der Waals surface area contributed by atoms with Crippen molar-refractivity contribution in [1.29, 1.82) is 0 Å². The maximum atomic E-state index is 13.0. The minimum absolute atomic E-state index is 0.0801. The summed E-state index contributed by atoms with van der Waals surface area (Å²) in [7, 11) is 0.0650. The van der Waals surface area contributed by atoms with E-state index in [9.17, 15) is 18.3 Å².